The number of aromatic nitrogens is 1. The zero-order valence-corrected chi connectivity index (χ0v) is 8.53. The van der Waals surface area contributed by atoms with Crippen molar-refractivity contribution >= 4 is 32.9 Å². The van der Waals surface area contributed by atoms with Gasteiger partial charge < -0.3 is 0 Å². The molecule has 1 aromatic carbocycles. The molecule has 0 atom stereocenters. The van der Waals surface area contributed by atoms with Gasteiger partial charge in [0.15, 0.2) is 0 Å². The maximum absolute atomic E-state index is 4.33. The van der Waals surface area contributed by atoms with Crippen LogP contribution in [0, 0.1) is 0 Å². The highest BCUT2D eigenvalue weighted by Gasteiger charge is 1.92. The molecule has 2 heteroatoms. The molecule has 0 aliphatic heterocycles. The van der Waals surface area contributed by atoms with E-state index in [2.05, 4.69) is 33.0 Å². The van der Waals surface area contributed by atoms with Crippen LogP contribution in [-0.4, -0.2) is 4.98 Å². The standard InChI is InChI=1S/C11H8BrN/c12-6-5-9-7-10-3-1-2-4-11(10)13-8-9/h1-8H/b6-5+. The van der Waals surface area contributed by atoms with Crippen LogP contribution in [0.3, 0.4) is 0 Å². The van der Waals surface area contributed by atoms with Crippen LogP contribution >= 0.6 is 15.9 Å². The molecule has 1 nitrogen and oxygen atoms in total. The van der Waals surface area contributed by atoms with Gasteiger partial charge >= 0.3 is 0 Å². The van der Waals surface area contributed by atoms with Gasteiger partial charge in [-0.3, -0.25) is 4.98 Å². The Balaban J connectivity index is 2.62. The number of hydrogen-bond acceptors (Lipinski definition) is 1. The maximum Gasteiger partial charge on any atom is 0.0702 e. The van der Waals surface area contributed by atoms with Crippen LogP contribution in [-0.2, 0) is 0 Å². The molecule has 0 fully saturated rings. The predicted molar refractivity (Wildman–Crippen MR) is 59.7 cm³/mol. The van der Waals surface area contributed by atoms with E-state index >= 15 is 0 Å². The highest BCUT2D eigenvalue weighted by molar-refractivity contribution is 9.11. The summed E-state index contributed by atoms with van der Waals surface area (Å²) in [5.74, 6) is 0. The molecule has 64 valence electrons. The van der Waals surface area contributed by atoms with Gasteiger partial charge in [0.05, 0.1) is 5.52 Å². The third kappa shape index (κ3) is 1.78. The maximum atomic E-state index is 4.33. The van der Waals surface area contributed by atoms with Gasteiger partial charge in [0.25, 0.3) is 0 Å². The second-order valence-electron chi connectivity index (χ2n) is 2.75. The van der Waals surface area contributed by atoms with Gasteiger partial charge in [-0.1, -0.05) is 34.1 Å². The van der Waals surface area contributed by atoms with Gasteiger partial charge in [0, 0.05) is 11.6 Å². The predicted octanol–water partition coefficient (Wildman–Crippen LogP) is 3.60. The first-order chi connectivity index (χ1) is 6.40. The largest absolute Gasteiger partial charge is 0.256 e. The molecule has 1 heterocycles. The number of fused-ring (bicyclic) bond motifs is 1. The van der Waals surface area contributed by atoms with Gasteiger partial charge in [-0.25, -0.2) is 0 Å². The van der Waals surface area contributed by atoms with Gasteiger partial charge in [0.2, 0.25) is 0 Å². The van der Waals surface area contributed by atoms with Crippen molar-refractivity contribution in [2.24, 2.45) is 0 Å². The monoisotopic (exact) mass is 233 g/mol. The minimum absolute atomic E-state index is 1.04. The third-order valence-electron chi connectivity index (χ3n) is 1.87. The summed E-state index contributed by atoms with van der Waals surface area (Å²) in [7, 11) is 0. The molecule has 1 aromatic heterocycles. The van der Waals surface area contributed by atoms with Crippen molar-refractivity contribution < 1.29 is 0 Å². The van der Waals surface area contributed by atoms with Crippen molar-refractivity contribution in [1.29, 1.82) is 0 Å². The highest BCUT2D eigenvalue weighted by Crippen LogP contribution is 2.13. The molecule has 0 bridgehead atoms. The Bertz CT molecular complexity index is 449. The first-order valence-corrected chi connectivity index (χ1v) is 4.93. The lowest BCUT2D eigenvalue weighted by Crippen LogP contribution is -1.79. The van der Waals surface area contributed by atoms with Crippen molar-refractivity contribution in [3.63, 3.8) is 0 Å². The number of hydrogen-bond donors (Lipinski definition) is 0. The topological polar surface area (TPSA) is 12.9 Å². The summed E-state index contributed by atoms with van der Waals surface area (Å²) in [5, 5.41) is 1.17. The number of halogens is 1. The normalized spacial score (nSPS) is 11.2. The van der Waals surface area contributed by atoms with E-state index in [1.807, 2.05) is 35.5 Å². The summed E-state index contributed by atoms with van der Waals surface area (Å²) in [5.41, 5.74) is 2.14. The van der Waals surface area contributed by atoms with Gasteiger partial charge in [-0.2, -0.15) is 0 Å². The molecule has 0 radical (unpaired) electrons. The van der Waals surface area contributed by atoms with Crippen LogP contribution in [0.1, 0.15) is 5.56 Å². The van der Waals surface area contributed by atoms with Crippen LogP contribution in [0.25, 0.3) is 17.0 Å². The van der Waals surface area contributed by atoms with Crippen LogP contribution in [0.2, 0.25) is 0 Å². The fraction of sp³-hybridized carbons (Fsp3) is 0. The lowest BCUT2D eigenvalue weighted by Gasteiger charge is -1.97. The summed E-state index contributed by atoms with van der Waals surface area (Å²) in [6, 6.07) is 10.2. The molecule has 0 spiro atoms. The fourth-order valence-corrected chi connectivity index (χ4v) is 1.56. The van der Waals surface area contributed by atoms with Crippen molar-refractivity contribution in [2.75, 3.05) is 0 Å². The molecule has 0 aliphatic carbocycles. The highest BCUT2D eigenvalue weighted by atomic mass is 79.9. The quantitative estimate of drug-likeness (QED) is 0.734. The fourth-order valence-electron chi connectivity index (χ4n) is 1.25. The first kappa shape index (κ1) is 8.45. The number of benzene rings is 1. The van der Waals surface area contributed by atoms with E-state index < -0.39 is 0 Å². The van der Waals surface area contributed by atoms with E-state index in [1.165, 1.54) is 5.39 Å². The minimum Gasteiger partial charge on any atom is -0.256 e. The molecular weight excluding hydrogens is 226 g/mol. The second kappa shape index (κ2) is 3.71. The lowest BCUT2D eigenvalue weighted by molar-refractivity contribution is 1.40. The Morgan fingerprint density at radius 3 is 2.92 bits per heavy atom. The Morgan fingerprint density at radius 1 is 1.23 bits per heavy atom. The molecule has 13 heavy (non-hydrogen) atoms. The van der Waals surface area contributed by atoms with Crippen molar-refractivity contribution in [1.82, 2.24) is 4.98 Å². The van der Waals surface area contributed by atoms with E-state index in [4.69, 9.17) is 0 Å². The summed E-state index contributed by atoms with van der Waals surface area (Å²) in [6.45, 7) is 0. The van der Waals surface area contributed by atoms with Crippen molar-refractivity contribution in [3.05, 3.63) is 47.1 Å². The molecule has 0 aliphatic rings. The number of rotatable bonds is 1. The number of pyridine rings is 1. The van der Waals surface area contributed by atoms with Crippen LogP contribution in [0.15, 0.2) is 41.5 Å². The zero-order valence-electron chi connectivity index (χ0n) is 6.94. The zero-order chi connectivity index (χ0) is 9.10. The van der Waals surface area contributed by atoms with Gasteiger partial charge in [-0.15, -0.1) is 0 Å². The molecule has 2 rings (SSSR count). The molecule has 0 N–H and O–H groups in total. The van der Waals surface area contributed by atoms with Crippen LogP contribution in [0.4, 0.5) is 0 Å². The Labute approximate surface area is 85.2 Å². The number of para-hydroxylation sites is 1. The minimum atomic E-state index is 1.04. The molecule has 2 aromatic rings. The van der Waals surface area contributed by atoms with E-state index in [0.717, 1.165) is 11.1 Å². The Morgan fingerprint density at radius 2 is 2.08 bits per heavy atom. The molecule has 0 amide bonds. The molecule has 0 unspecified atom stereocenters. The average Bonchev–Trinajstić information content (AvgIpc) is 2.18. The summed E-state index contributed by atoms with van der Waals surface area (Å²) in [6.07, 6.45) is 3.83. The summed E-state index contributed by atoms with van der Waals surface area (Å²) in [4.78, 5) is 6.16. The van der Waals surface area contributed by atoms with Gasteiger partial charge in [0.1, 0.15) is 0 Å². The SMILES string of the molecule is Br/C=C/c1cnc2ccccc2c1. The molecule has 0 saturated heterocycles. The Hall–Kier alpha value is -1.15. The average molecular weight is 234 g/mol. The Kier molecular flexibility index (Phi) is 2.41. The van der Waals surface area contributed by atoms with Crippen LogP contribution < -0.4 is 0 Å². The van der Waals surface area contributed by atoms with Crippen molar-refractivity contribution in [3.8, 4) is 0 Å². The summed E-state index contributed by atoms with van der Waals surface area (Å²) >= 11 is 3.24. The molecular formula is C11H8BrN. The van der Waals surface area contributed by atoms with Gasteiger partial charge in [-0.05, 0) is 28.8 Å². The number of nitrogens with zero attached hydrogens (tertiary/aromatic N) is 1. The first-order valence-electron chi connectivity index (χ1n) is 4.02. The van der Waals surface area contributed by atoms with E-state index in [1.54, 1.807) is 0 Å². The smallest absolute Gasteiger partial charge is 0.0702 e. The lowest BCUT2D eigenvalue weighted by atomic mass is 10.2. The van der Waals surface area contributed by atoms with Crippen LogP contribution in [0.5, 0.6) is 0 Å². The molecule has 0 saturated carbocycles. The summed E-state index contributed by atoms with van der Waals surface area (Å²) < 4.78 is 0. The second-order valence-corrected chi connectivity index (χ2v) is 3.28. The van der Waals surface area contributed by atoms with E-state index in [9.17, 15) is 0 Å². The van der Waals surface area contributed by atoms with Crippen molar-refractivity contribution in [2.45, 2.75) is 0 Å². The van der Waals surface area contributed by atoms with E-state index in [0.29, 0.717) is 0 Å². The third-order valence-corrected chi connectivity index (χ3v) is 2.13. The van der Waals surface area contributed by atoms with E-state index in [-0.39, 0.29) is 0 Å².